The van der Waals surface area contributed by atoms with Crippen LogP contribution in [0.15, 0.2) is 60.1 Å². The number of primary amides is 1. The summed E-state index contributed by atoms with van der Waals surface area (Å²) in [6.45, 7) is 6.66. The van der Waals surface area contributed by atoms with Crippen molar-refractivity contribution in [2.24, 2.45) is 5.73 Å². The SMILES string of the molecule is CCOc1cc(C2C(C(N)=O)=C(C)Nc3ncnn32)ccc1OCc1ccc(C)cc1. The van der Waals surface area contributed by atoms with Gasteiger partial charge in [0.05, 0.1) is 12.2 Å². The highest BCUT2D eigenvalue weighted by molar-refractivity contribution is 5.95. The number of amides is 1. The lowest BCUT2D eigenvalue weighted by Gasteiger charge is -2.28. The Morgan fingerprint density at radius 2 is 1.90 bits per heavy atom. The molecule has 0 saturated heterocycles. The highest BCUT2D eigenvalue weighted by atomic mass is 16.5. The largest absolute Gasteiger partial charge is 0.490 e. The Bertz CT molecular complexity index is 1130. The first-order valence-corrected chi connectivity index (χ1v) is 10.1. The van der Waals surface area contributed by atoms with Gasteiger partial charge in [0.25, 0.3) is 0 Å². The molecule has 0 bridgehead atoms. The first-order valence-electron chi connectivity index (χ1n) is 10.1. The van der Waals surface area contributed by atoms with Gasteiger partial charge < -0.3 is 20.5 Å². The van der Waals surface area contributed by atoms with E-state index in [-0.39, 0.29) is 0 Å². The molecule has 8 nitrogen and oxygen atoms in total. The van der Waals surface area contributed by atoms with Crippen LogP contribution < -0.4 is 20.5 Å². The number of allylic oxidation sites excluding steroid dienone is 1. The van der Waals surface area contributed by atoms with Crippen LogP contribution in [0.1, 0.15) is 36.6 Å². The number of aryl methyl sites for hydroxylation is 1. The summed E-state index contributed by atoms with van der Waals surface area (Å²) in [4.78, 5) is 16.5. The summed E-state index contributed by atoms with van der Waals surface area (Å²) in [5, 5.41) is 7.37. The molecule has 3 N–H and O–H groups in total. The summed E-state index contributed by atoms with van der Waals surface area (Å²) in [5.74, 6) is 1.24. The zero-order valence-corrected chi connectivity index (χ0v) is 17.8. The average molecular weight is 419 g/mol. The number of ether oxygens (including phenoxy) is 2. The molecule has 0 fully saturated rings. The number of benzene rings is 2. The molecule has 4 rings (SSSR count). The molecule has 1 aliphatic rings. The number of anilines is 1. The second-order valence-corrected chi connectivity index (χ2v) is 7.37. The molecule has 0 radical (unpaired) electrons. The molecule has 1 unspecified atom stereocenters. The van der Waals surface area contributed by atoms with Crippen LogP contribution in [0.5, 0.6) is 11.5 Å². The number of carbonyl (C=O) groups is 1. The molecule has 1 amide bonds. The fourth-order valence-corrected chi connectivity index (χ4v) is 3.65. The van der Waals surface area contributed by atoms with Crippen LogP contribution in [-0.4, -0.2) is 27.3 Å². The van der Waals surface area contributed by atoms with Gasteiger partial charge in [0.15, 0.2) is 11.5 Å². The predicted molar refractivity (Wildman–Crippen MR) is 117 cm³/mol. The highest BCUT2D eigenvalue weighted by Crippen LogP contribution is 2.38. The van der Waals surface area contributed by atoms with E-state index in [0.717, 1.165) is 11.1 Å². The van der Waals surface area contributed by atoms with Gasteiger partial charge in [-0.1, -0.05) is 35.9 Å². The van der Waals surface area contributed by atoms with Gasteiger partial charge in [-0.2, -0.15) is 10.1 Å². The minimum atomic E-state index is -0.520. The number of carbonyl (C=O) groups excluding carboxylic acids is 1. The van der Waals surface area contributed by atoms with Crippen molar-refractivity contribution in [2.75, 3.05) is 11.9 Å². The Balaban J connectivity index is 1.68. The molecular weight excluding hydrogens is 394 g/mol. The summed E-state index contributed by atoms with van der Waals surface area (Å²) in [7, 11) is 0. The van der Waals surface area contributed by atoms with Crippen LogP contribution in [0.25, 0.3) is 0 Å². The smallest absolute Gasteiger partial charge is 0.248 e. The van der Waals surface area contributed by atoms with Crippen molar-refractivity contribution in [3.8, 4) is 11.5 Å². The summed E-state index contributed by atoms with van der Waals surface area (Å²) in [6.07, 6.45) is 1.44. The molecule has 1 aromatic heterocycles. The number of nitrogens with one attached hydrogen (secondary N) is 1. The number of rotatable bonds is 7. The van der Waals surface area contributed by atoms with Crippen molar-refractivity contribution in [2.45, 2.75) is 33.4 Å². The molecule has 8 heteroatoms. The Kier molecular flexibility index (Phi) is 5.62. The topological polar surface area (TPSA) is 104 Å². The Labute approximate surface area is 180 Å². The molecule has 31 heavy (non-hydrogen) atoms. The van der Waals surface area contributed by atoms with Gasteiger partial charge in [-0.25, -0.2) is 4.68 Å². The molecule has 0 aliphatic carbocycles. The van der Waals surface area contributed by atoms with E-state index in [4.69, 9.17) is 15.2 Å². The van der Waals surface area contributed by atoms with E-state index in [2.05, 4.69) is 27.5 Å². The maximum atomic E-state index is 12.2. The van der Waals surface area contributed by atoms with Gasteiger partial charge in [0.2, 0.25) is 11.9 Å². The second-order valence-electron chi connectivity index (χ2n) is 7.37. The molecule has 0 saturated carbocycles. The summed E-state index contributed by atoms with van der Waals surface area (Å²) < 4.78 is 13.5. The molecule has 2 aromatic carbocycles. The molecular formula is C23H25N5O3. The van der Waals surface area contributed by atoms with E-state index in [1.54, 1.807) is 11.6 Å². The van der Waals surface area contributed by atoms with Crippen LogP contribution in [0.3, 0.4) is 0 Å². The first kappa shape index (κ1) is 20.5. The minimum absolute atomic E-state index is 0.422. The van der Waals surface area contributed by atoms with E-state index in [1.165, 1.54) is 11.9 Å². The number of hydrogen-bond donors (Lipinski definition) is 2. The van der Waals surface area contributed by atoms with Gasteiger partial charge in [0.1, 0.15) is 19.0 Å². The standard InChI is InChI=1S/C23H25N5O3/c1-4-30-19-11-17(9-10-18(19)31-12-16-7-5-14(2)6-8-16)21-20(22(24)29)15(3)27-23-25-13-26-28(21)23/h5-11,13,21H,4,12H2,1-3H3,(H2,24,29)(H,25,26,27). The van der Waals surface area contributed by atoms with Crippen LogP contribution in [0.4, 0.5) is 5.95 Å². The van der Waals surface area contributed by atoms with Gasteiger partial charge >= 0.3 is 0 Å². The normalized spacial score (nSPS) is 15.3. The molecule has 160 valence electrons. The van der Waals surface area contributed by atoms with Crippen molar-refractivity contribution in [3.05, 3.63) is 76.8 Å². The zero-order valence-electron chi connectivity index (χ0n) is 17.8. The maximum absolute atomic E-state index is 12.2. The Morgan fingerprint density at radius 1 is 1.13 bits per heavy atom. The summed E-state index contributed by atoms with van der Waals surface area (Å²) in [6, 6.07) is 13.3. The lowest BCUT2D eigenvalue weighted by Crippen LogP contribution is -2.31. The van der Waals surface area contributed by atoms with Gasteiger partial charge in [-0.15, -0.1) is 0 Å². The molecule has 0 spiro atoms. The summed E-state index contributed by atoms with van der Waals surface area (Å²) >= 11 is 0. The lowest BCUT2D eigenvalue weighted by atomic mass is 9.95. The monoisotopic (exact) mass is 419 g/mol. The van der Waals surface area contributed by atoms with Gasteiger partial charge in [0, 0.05) is 5.70 Å². The third-order valence-corrected chi connectivity index (χ3v) is 5.16. The van der Waals surface area contributed by atoms with Crippen molar-refractivity contribution < 1.29 is 14.3 Å². The minimum Gasteiger partial charge on any atom is -0.490 e. The van der Waals surface area contributed by atoms with Crippen molar-refractivity contribution in [3.63, 3.8) is 0 Å². The van der Waals surface area contributed by atoms with Crippen molar-refractivity contribution in [1.29, 1.82) is 0 Å². The van der Waals surface area contributed by atoms with E-state index >= 15 is 0 Å². The fraction of sp³-hybridized carbons (Fsp3) is 0.261. The average Bonchev–Trinajstić information content (AvgIpc) is 3.21. The van der Waals surface area contributed by atoms with Crippen LogP contribution in [0.2, 0.25) is 0 Å². The van der Waals surface area contributed by atoms with Crippen LogP contribution in [0, 0.1) is 6.92 Å². The van der Waals surface area contributed by atoms with Crippen molar-refractivity contribution >= 4 is 11.9 Å². The number of nitrogens with zero attached hydrogens (tertiary/aromatic N) is 3. The predicted octanol–water partition coefficient (Wildman–Crippen LogP) is 3.34. The van der Waals surface area contributed by atoms with Crippen LogP contribution in [-0.2, 0) is 11.4 Å². The first-order chi connectivity index (χ1) is 15.0. The van der Waals surface area contributed by atoms with E-state index in [9.17, 15) is 4.79 Å². The zero-order chi connectivity index (χ0) is 22.0. The second kappa shape index (κ2) is 8.51. The van der Waals surface area contributed by atoms with Crippen LogP contribution >= 0.6 is 0 Å². The third kappa shape index (κ3) is 4.09. The van der Waals surface area contributed by atoms with Gasteiger partial charge in [-0.3, -0.25) is 4.79 Å². The Hall–Kier alpha value is -3.81. The number of aromatic nitrogens is 3. The third-order valence-electron chi connectivity index (χ3n) is 5.16. The lowest BCUT2D eigenvalue weighted by molar-refractivity contribution is -0.115. The quantitative estimate of drug-likeness (QED) is 0.609. The van der Waals surface area contributed by atoms with Gasteiger partial charge in [-0.05, 0) is 44.0 Å². The van der Waals surface area contributed by atoms with E-state index in [1.807, 2.05) is 44.2 Å². The number of hydrogen-bond acceptors (Lipinski definition) is 6. The highest BCUT2D eigenvalue weighted by Gasteiger charge is 2.32. The molecule has 1 aliphatic heterocycles. The summed E-state index contributed by atoms with van der Waals surface area (Å²) in [5.41, 5.74) is 9.85. The molecule has 2 heterocycles. The molecule has 3 aromatic rings. The Morgan fingerprint density at radius 3 is 2.61 bits per heavy atom. The van der Waals surface area contributed by atoms with Crippen molar-refractivity contribution in [1.82, 2.24) is 14.8 Å². The number of nitrogens with two attached hydrogens (primary N) is 1. The van der Waals surface area contributed by atoms with E-state index < -0.39 is 11.9 Å². The molecule has 1 atom stereocenters. The number of fused-ring (bicyclic) bond motifs is 1. The fourth-order valence-electron chi connectivity index (χ4n) is 3.65. The van der Waals surface area contributed by atoms with E-state index in [0.29, 0.717) is 41.9 Å². The maximum Gasteiger partial charge on any atom is 0.248 e.